The number of para-hydroxylation sites is 1. The molecule has 0 saturated heterocycles. The summed E-state index contributed by atoms with van der Waals surface area (Å²) in [5.41, 5.74) is 18.7. The maximum atomic E-state index is 7.09. The molecule has 1 heterocycles. The topological polar surface area (TPSA) is 16.4 Å². The van der Waals surface area contributed by atoms with Crippen molar-refractivity contribution < 1.29 is 4.42 Å². The van der Waals surface area contributed by atoms with Crippen molar-refractivity contribution in [2.24, 2.45) is 0 Å². The molecule has 0 fully saturated rings. The zero-order valence-corrected chi connectivity index (χ0v) is 31.2. The molecule has 8 aromatic carbocycles. The molecular weight excluding hydrogens is 667 g/mol. The maximum absolute atomic E-state index is 7.09. The summed E-state index contributed by atoms with van der Waals surface area (Å²) < 4.78 is 7.09. The Morgan fingerprint density at radius 3 is 1.76 bits per heavy atom. The summed E-state index contributed by atoms with van der Waals surface area (Å²) in [6, 6.07) is 66.5. The molecule has 2 nitrogen and oxygen atoms in total. The van der Waals surface area contributed by atoms with E-state index >= 15 is 0 Å². The third-order valence-corrected chi connectivity index (χ3v) is 12.6. The average Bonchev–Trinajstić information content (AvgIpc) is 3.82. The summed E-state index contributed by atoms with van der Waals surface area (Å²) >= 11 is 0. The van der Waals surface area contributed by atoms with E-state index in [1.54, 1.807) is 0 Å². The molecular formula is C53H39NO. The second-order valence-corrected chi connectivity index (χ2v) is 15.8. The van der Waals surface area contributed by atoms with E-state index < -0.39 is 0 Å². The maximum Gasteiger partial charge on any atom is 0.159 e. The summed E-state index contributed by atoms with van der Waals surface area (Å²) in [6.07, 6.45) is 0. The molecule has 2 aliphatic carbocycles. The third kappa shape index (κ3) is 4.55. The average molecular weight is 706 g/mol. The van der Waals surface area contributed by atoms with Gasteiger partial charge in [-0.1, -0.05) is 159 Å². The van der Waals surface area contributed by atoms with Crippen LogP contribution >= 0.6 is 0 Å². The van der Waals surface area contributed by atoms with E-state index in [0.717, 1.165) is 39.0 Å². The summed E-state index contributed by atoms with van der Waals surface area (Å²) in [5.74, 6) is 0. The first-order valence-corrected chi connectivity index (χ1v) is 19.3. The van der Waals surface area contributed by atoms with Gasteiger partial charge < -0.3 is 9.32 Å². The van der Waals surface area contributed by atoms with Gasteiger partial charge in [0.2, 0.25) is 0 Å². The molecule has 55 heavy (non-hydrogen) atoms. The van der Waals surface area contributed by atoms with Crippen LogP contribution in [0.15, 0.2) is 186 Å². The van der Waals surface area contributed by atoms with Crippen molar-refractivity contribution in [3.63, 3.8) is 0 Å². The number of benzene rings is 8. The van der Waals surface area contributed by atoms with Crippen LogP contribution in [0.1, 0.15) is 48.6 Å². The summed E-state index contributed by atoms with van der Waals surface area (Å²) in [6.45, 7) is 7.06. The molecule has 1 aromatic heterocycles. The Morgan fingerprint density at radius 2 is 1.02 bits per heavy atom. The van der Waals surface area contributed by atoms with Gasteiger partial charge in [0.1, 0.15) is 5.58 Å². The Morgan fingerprint density at radius 1 is 0.418 bits per heavy atom. The largest absolute Gasteiger partial charge is 0.454 e. The Hall–Kier alpha value is -6.64. The minimum absolute atomic E-state index is 0.130. The minimum Gasteiger partial charge on any atom is -0.454 e. The first-order valence-electron chi connectivity index (χ1n) is 19.3. The summed E-state index contributed by atoms with van der Waals surface area (Å²) in [7, 11) is 0. The van der Waals surface area contributed by atoms with Gasteiger partial charge >= 0.3 is 0 Å². The van der Waals surface area contributed by atoms with Gasteiger partial charge in [-0.3, -0.25) is 0 Å². The van der Waals surface area contributed by atoms with Crippen LogP contribution in [0.4, 0.5) is 17.1 Å². The molecule has 0 radical (unpaired) electrons. The lowest BCUT2D eigenvalue weighted by atomic mass is 9.74. The first-order chi connectivity index (χ1) is 26.9. The Bertz CT molecular complexity index is 2940. The van der Waals surface area contributed by atoms with Gasteiger partial charge in [0.05, 0.1) is 5.69 Å². The quantitative estimate of drug-likeness (QED) is 0.177. The molecule has 0 N–H and O–H groups in total. The summed E-state index contributed by atoms with van der Waals surface area (Å²) in [5, 5.41) is 2.22. The van der Waals surface area contributed by atoms with Crippen molar-refractivity contribution in [1.82, 2.24) is 0 Å². The van der Waals surface area contributed by atoms with E-state index in [2.05, 4.69) is 208 Å². The van der Waals surface area contributed by atoms with Crippen LogP contribution in [-0.4, -0.2) is 0 Å². The van der Waals surface area contributed by atoms with Crippen LogP contribution in [0.3, 0.4) is 0 Å². The second kappa shape index (κ2) is 11.7. The van der Waals surface area contributed by atoms with Crippen LogP contribution in [0.5, 0.6) is 0 Å². The van der Waals surface area contributed by atoms with Crippen molar-refractivity contribution in [2.45, 2.75) is 31.6 Å². The first kappa shape index (κ1) is 31.8. The van der Waals surface area contributed by atoms with Crippen LogP contribution in [0.25, 0.3) is 55.3 Å². The van der Waals surface area contributed by atoms with Crippen molar-refractivity contribution in [3.8, 4) is 33.4 Å². The Labute approximate surface area is 322 Å². The van der Waals surface area contributed by atoms with Gasteiger partial charge in [-0.25, -0.2) is 0 Å². The van der Waals surface area contributed by atoms with Crippen LogP contribution in [0, 0.1) is 0 Å². The zero-order valence-electron chi connectivity index (χ0n) is 31.2. The smallest absolute Gasteiger partial charge is 0.159 e. The van der Waals surface area contributed by atoms with Gasteiger partial charge in [-0.15, -0.1) is 0 Å². The molecule has 0 saturated carbocycles. The summed E-state index contributed by atoms with van der Waals surface area (Å²) in [4.78, 5) is 2.39. The number of nitrogens with zero attached hydrogens (tertiary/aromatic N) is 1. The minimum atomic E-state index is -0.304. The highest BCUT2D eigenvalue weighted by molar-refractivity contribution is 6.10. The highest BCUT2D eigenvalue weighted by atomic mass is 16.3. The number of furan rings is 1. The lowest BCUT2D eigenvalue weighted by Crippen LogP contribution is -2.22. The molecule has 2 aliphatic rings. The molecule has 0 spiro atoms. The number of anilines is 3. The fourth-order valence-electron chi connectivity index (χ4n) is 9.75. The van der Waals surface area contributed by atoms with Crippen molar-refractivity contribution in [1.29, 1.82) is 0 Å². The molecule has 0 bridgehead atoms. The van der Waals surface area contributed by atoms with Crippen LogP contribution in [0.2, 0.25) is 0 Å². The van der Waals surface area contributed by atoms with Crippen molar-refractivity contribution in [2.75, 3.05) is 4.90 Å². The predicted octanol–water partition coefficient (Wildman–Crippen LogP) is 14.4. The highest BCUT2D eigenvalue weighted by Crippen LogP contribution is 2.54. The van der Waals surface area contributed by atoms with Gasteiger partial charge in [0.25, 0.3) is 0 Å². The second-order valence-electron chi connectivity index (χ2n) is 15.8. The lowest BCUT2D eigenvalue weighted by molar-refractivity contribution is 0.660. The van der Waals surface area contributed by atoms with E-state index in [1.807, 2.05) is 0 Å². The molecule has 2 heteroatoms. The van der Waals surface area contributed by atoms with Gasteiger partial charge in [0, 0.05) is 33.0 Å². The van der Waals surface area contributed by atoms with E-state index in [4.69, 9.17) is 4.42 Å². The molecule has 0 aliphatic heterocycles. The van der Waals surface area contributed by atoms with Crippen molar-refractivity contribution >= 4 is 39.0 Å². The zero-order chi connectivity index (χ0) is 36.9. The van der Waals surface area contributed by atoms with E-state index in [-0.39, 0.29) is 10.8 Å². The molecule has 0 amide bonds. The van der Waals surface area contributed by atoms with Crippen molar-refractivity contribution in [3.05, 3.63) is 210 Å². The van der Waals surface area contributed by atoms with Gasteiger partial charge in [-0.05, 0) is 105 Å². The SMILES string of the molecule is CC1(C)c2ccccc2-c2ccc(N(c3cccc(-c4ccccc4)c3)c3cccc4c3oc3cc(C5(C)c6ccccc6-c6ccccc65)ccc34)cc21. The van der Waals surface area contributed by atoms with Gasteiger partial charge in [-0.2, -0.15) is 0 Å². The highest BCUT2D eigenvalue weighted by Gasteiger charge is 2.41. The molecule has 262 valence electrons. The Kier molecular flexibility index (Phi) is 6.76. The molecule has 9 aromatic rings. The molecule has 0 unspecified atom stereocenters. The van der Waals surface area contributed by atoms with Gasteiger partial charge in [0.15, 0.2) is 5.58 Å². The fraction of sp³-hybridized carbons (Fsp3) is 0.0943. The normalized spacial score (nSPS) is 14.4. The standard InChI is InChI=1S/C53H39NO/c1-52(2)45-23-10-7-19-39(45)42-30-28-38(33-48(42)52)54(37-18-13-17-35(31-37)34-15-5-4-6-16-34)49-26-14-22-44-43-29-27-36(32-50(43)55-51(44)49)53(3)46-24-11-8-20-40(46)41-21-9-12-25-47(41)53/h4-33H,1-3H3. The molecule has 0 atom stereocenters. The van der Waals surface area contributed by atoms with Crippen LogP contribution < -0.4 is 4.90 Å². The third-order valence-electron chi connectivity index (χ3n) is 12.6. The number of hydrogen-bond acceptors (Lipinski definition) is 2. The molecule has 11 rings (SSSR count). The number of hydrogen-bond donors (Lipinski definition) is 0. The number of rotatable bonds is 5. The Balaban J connectivity index is 1.12. The monoisotopic (exact) mass is 705 g/mol. The lowest BCUT2D eigenvalue weighted by Gasteiger charge is -2.28. The number of fused-ring (bicyclic) bond motifs is 9. The predicted molar refractivity (Wildman–Crippen MR) is 229 cm³/mol. The van der Waals surface area contributed by atoms with Crippen LogP contribution in [-0.2, 0) is 10.8 Å². The van der Waals surface area contributed by atoms with E-state index in [0.29, 0.717) is 0 Å². The fourth-order valence-corrected chi connectivity index (χ4v) is 9.75. The van der Waals surface area contributed by atoms with E-state index in [1.165, 1.54) is 61.2 Å². The van der Waals surface area contributed by atoms with E-state index in [9.17, 15) is 0 Å².